The van der Waals surface area contributed by atoms with E-state index in [1.807, 2.05) is 0 Å². The Morgan fingerprint density at radius 3 is 1.09 bits per heavy atom. The minimum absolute atomic E-state index is 0.110. The average molecular weight is 929 g/mol. The molecule has 0 fully saturated rings. The monoisotopic (exact) mass is 929 g/mol. The summed E-state index contributed by atoms with van der Waals surface area (Å²) in [5.74, 6) is -0.994. The largest absolute Gasteiger partial charge is 0.462 e. The molecular formula is C61H100O6. The molecule has 0 saturated heterocycles. The molecule has 0 aliphatic carbocycles. The zero-order valence-corrected chi connectivity index (χ0v) is 43.4. The van der Waals surface area contributed by atoms with Crippen molar-refractivity contribution in [2.75, 3.05) is 13.2 Å². The Balaban J connectivity index is 4.49. The SMILES string of the molecule is CC\C=C/C=C\C=C/CCCCCCCC(=O)OCC(COC(=O)CCCCCCCCCCCC/C=C\C=C/CCCCC)OC(=O)CCC/C=C\C/C=C\C/C=C\C/C=C\CCCCC. The third-order valence-corrected chi connectivity index (χ3v) is 11.3. The molecule has 6 heteroatoms. The van der Waals surface area contributed by atoms with Crippen molar-refractivity contribution in [3.05, 3.63) is 109 Å². The molecule has 0 heterocycles. The van der Waals surface area contributed by atoms with Crippen molar-refractivity contribution in [3.8, 4) is 0 Å². The number of rotatable bonds is 48. The summed E-state index contributed by atoms with van der Waals surface area (Å²) in [7, 11) is 0. The molecule has 0 aliphatic rings. The van der Waals surface area contributed by atoms with Crippen LogP contribution in [0.3, 0.4) is 0 Å². The maximum atomic E-state index is 12.8. The Labute approximate surface area is 412 Å². The Bertz CT molecular complexity index is 1390. The van der Waals surface area contributed by atoms with Gasteiger partial charge in [0.15, 0.2) is 6.10 Å². The Hall–Kier alpha value is -3.93. The predicted molar refractivity (Wildman–Crippen MR) is 288 cm³/mol. The van der Waals surface area contributed by atoms with E-state index in [4.69, 9.17) is 14.2 Å². The highest BCUT2D eigenvalue weighted by molar-refractivity contribution is 5.71. The summed E-state index contributed by atoms with van der Waals surface area (Å²) in [5, 5.41) is 0. The van der Waals surface area contributed by atoms with Gasteiger partial charge in [-0.25, -0.2) is 0 Å². The van der Waals surface area contributed by atoms with Crippen LogP contribution in [0.25, 0.3) is 0 Å². The second kappa shape index (κ2) is 54.7. The molecule has 1 atom stereocenters. The second-order valence-corrected chi connectivity index (χ2v) is 17.8. The van der Waals surface area contributed by atoms with Crippen molar-refractivity contribution in [3.63, 3.8) is 0 Å². The van der Waals surface area contributed by atoms with Gasteiger partial charge in [0.2, 0.25) is 0 Å². The highest BCUT2D eigenvalue weighted by Crippen LogP contribution is 2.14. The molecule has 0 rings (SSSR count). The summed E-state index contributed by atoms with van der Waals surface area (Å²) in [6, 6.07) is 0. The quantitative estimate of drug-likeness (QED) is 0.0199. The van der Waals surface area contributed by atoms with Crippen LogP contribution in [0, 0.1) is 0 Å². The first-order valence-corrected chi connectivity index (χ1v) is 27.4. The number of carbonyl (C=O) groups is 3. The minimum atomic E-state index is -0.818. The lowest BCUT2D eigenvalue weighted by Gasteiger charge is -2.18. The fourth-order valence-corrected chi connectivity index (χ4v) is 7.19. The van der Waals surface area contributed by atoms with Crippen LogP contribution in [0.4, 0.5) is 0 Å². The van der Waals surface area contributed by atoms with Gasteiger partial charge < -0.3 is 14.2 Å². The molecule has 0 aromatic heterocycles. The lowest BCUT2D eigenvalue weighted by Crippen LogP contribution is -2.30. The van der Waals surface area contributed by atoms with Crippen LogP contribution in [0.5, 0.6) is 0 Å². The zero-order chi connectivity index (χ0) is 48.6. The van der Waals surface area contributed by atoms with Crippen LogP contribution in [-0.4, -0.2) is 37.2 Å². The lowest BCUT2D eigenvalue weighted by molar-refractivity contribution is -0.167. The first kappa shape index (κ1) is 63.1. The van der Waals surface area contributed by atoms with Crippen LogP contribution in [0.1, 0.15) is 239 Å². The fraction of sp³-hybridized carbons (Fsp3) is 0.656. The van der Waals surface area contributed by atoms with Gasteiger partial charge in [-0.15, -0.1) is 0 Å². The van der Waals surface area contributed by atoms with Crippen LogP contribution in [0.2, 0.25) is 0 Å². The van der Waals surface area contributed by atoms with Gasteiger partial charge in [0.05, 0.1) is 0 Å². The van der Waals surface area contributed by atoms with Gasteiger partial charge in [-0.1, -0.05) is 226 Å². The van der Waals surface area contributed by atoms with E-state index in [9.17, 15) is 14.4 Å². The maximum Gasteiger partial charge on any atom is 0.306 e. The van der Waals surface area contributed by atoms with Gasteiger partial charge in [-0.2, -0.15) is 0 Å². The predicted octanol–water partition coefficient (Wildman–Crippen LogP) is 18.3. The number of hydrogen-bond donors (Lipinski definition) is 0. The van der Waals surface area contributed by atoms with E-state index in [0.29, 0.717) is 19.3 Å². The van der Waals surface area contributed by atoms with E-state index in [2.05, 4.69) is 130 Å². The molecule has 6 nitrogen and oxygen atoms in total. The van der Waals surface area contributed by atoms with Crippen LogP contribution < -0.4 is 0 Å². The van der Waals surface area contributed by atoms with Crippen molar-refractivity contribution in [2.45, 2.75) is 245 Å². The summed E-state index contributed by atoms with van der Waals surface area (Å²) < 4.78 is 16.8. The molecule has 0 radical (unpaired) electrons. The molecule has 67 heavy (non-hydrogen) atoms. The minimum Gasteiger partial charge on any atom is -0.462 e. The van der Waals surface area contributed by atoms with Crippen molar-refractivity contribution >= 4 is 17.9 Å². The second-order valence-electron chi connectivity index (χ2n) is 17.8. The smallest absolute Gasteiger partial charge is 0.306 e. The Morgan fingerprint density at radius 2 is 0.657 bits per heavy atom. The summed E-state index contributed by atoms with van der Waals surface area (Å²) in [6.07, 6.45) is 73.6. The highest BCUT2D eigenvalue weighted by Gasteiger charge is 2.19. The van der Waals surface area contributed by atoms with Crippen LogP contribution in [0.15, 0.2) is 109 Å². The Kier molecular flexibility index (Phi) is 51.5. The van der Waals surface area contributed by atoms with Crippen LogP contribution in [-0.2, 0) is 28.6 Å². The molecule has 0 aromatic carbocycles. The Morgan fingerprint density at radius 1 is 0.328 bits per heavy atom. The summed E-state index contributed by atoms with van der Waals surface area (Å²) in [6.45, 7) is 6.38. The third-order valence-electron chi connectivity index (χ3n) is 11.3. The van der Waals surface area contributed by atoms with E-state index in [0.717, 1.165) is 89.9 Å². The molecule has 380 valence electrons. The van der Waals surface area contributed by atoms with Gasteiger partial charge in [0.1, 0.15) is 13.2 Å². The van der Waals surface area contributed by atoms with Gasteiger partial charge in [-0.3, -0.25) is 14.4 Å². The molecule has 0 aliphatic heterocycles. The number of ether oxygens (including phenoxy) is 3. The van der Waals surface area contributed by atoms with Crippen molar-refractivity contribution in [2.24, 2.45) is 0 Å². The summed E-state index contributed by atoms with van der Waals surface area (Å²) in [5.41, 5.74) is 0. The molecule has 0 spiro atoms. The van der Waals surface area contributed by atoms with E-state index in [-0.39, 0.29) is 37.5 Å². The number of unbranched alkanes of at least 4 members (excludes halogenated alkanes) is 22. The number of carbonyl (C=O) groups excluding carboxylic acids is 3. The van der Waals surface area contributed by atoms with E-state index in [1.54, 1.807) is 0 Å². The van der Waals surface area contributed by atoms with Gasteiger partial charge in [0.25, 0.3) is 0 Å². The van der Waals surface area contributed by atoms with Gasteiger partial charge in [0, 0.05) is 19.3 Å². The van der Waals surface area contributed by atoms with E-state index in [1.165, 1.54) is 103 Å². The first-order valence-electron chi connectivity index (χ1n) is 27.4. The first-order chi connectivity index (χ1) is 33.0. The van der Waals surface area contributed by atoms with Crippen LogP contribution >= 0.6 is 0 Å². The molecule has 0 aromatic rings. The number of esters is 3. The molecule has 0 bridgehead atoms. The van der Waals surface area contributed by atoms with Gasteiger partial charge >= 0.3 is 17.9 Å². The fourth-order valence-electron chi connectivity index (χ4n) is 7.19. The molecule has 0 amide bonds. The normalized spacial score (nSPS) is 12.9. The zero-order valence-electron chi connectivity index (χ0n) is 43.4. The number of hydrogen-bond acceptors (Lipinski definition) is 6. The topological polar surface area (TPSA) is 78.9 Å². The van der Waals surface area contributed by atoms with Crippen molar-refractivity contribution in [1.82, 2.24) is 0 Å². The molecule has 0 saturated carbocycles. The highest BCUT2D eigenvalue weighted by atomic mass is 16.6. The summed E-state index contributed by atoms with van der Waals surface area (Å²) >= 11 is 0. The maximum absolute atomic E-state index is 12.8. The van der Waals surface area contributed by atoms with E-state index < -0.39 is 6.10 Å². The summed E-state index contributed by atoms with van der Waals surface area (Å²) in [4.78, 5) is 38.1. The van der Waals surface area contributed by atoms with Crippen molar-refractivity contribution < 1.29 is 28.6 Å². The van der Waals surface area contributed by atoms with Crippen molar-refractivity contribution in [1.29, 1.82) is 0 Å². The lowest BCUT2D eigenvalue weighted by atomic mass is 10.1. The van der Waals surface area contributed by atoms with E-state index >= 15 is 0 Å². The molecule has 1 unspecified atom stereocenters. The average Bonchev–Trinajstić information content (AvgIpc) is 3.33. The standard InChI is InChI=1S/C61H100O6/c1-4-7-10-13-16-19-22-25-27-29-30-32-33-36-39-42-45-48-51-54-60(63)66-57-58(56-65-59(62)53-50-47-44-41-38-35-24-21-18-15-12-9-6-3)67-61(64)55-52-49-46-43-40-37-34-31-28-26-23-20-17-14-11-8-5-2/h9,12,15-22,24-26,28,34,37,43,46,58H,4-8,10-11,13-14,23,27,29-33,35-36,38-42,44-45,47-57H2,1-3H3/b12-9-,18-15-,19-16-,20-17-,24-21-,25-22-,28-26-,37-34-,46-43-. The van der Waals surface area contributed by atoms with Gasteiger partial charge in [-0.05, 0) is 103 Å². The third kappa shape index (κ3) is 52.9. The number of allylic oxidation sites excluding steroid dienone is 18. The molecule has 0 N–H and O–H groups in total. The molecular weight excluding hydrogens is 829 g/mol.